The second kappa shape index (κ2) is 6.91. The molecule has 0 aromatic carbocycles. The smallest absolute Gasteiger partial charge is 0.222 e. The summed E-state index contributed by atoms with van der Waals surface area (Å²) in [5.41, 5.74) is 1.03. The van der Waals surface area contributed by atoms with E-state index in [4.69, 9.17) is 4.74 Å². The maximum atomic E-state index is 6.14. The topological polar surface area (TPSA) is 47.0 Å². The number of aromatic nitrogens is 2. The lowest BCUT2D eigenvalue weighted by atomic mass is 9.89. The first-order valence-electron chi connectivity index (χ1n) is 7.86. The first-order chi connectivity index (χ1) is 9.60. The molecule has 1 saturated carbocycles. The van der Waals surface area contributed by atoms with Crippen molar-refractivity contribution in [1.82, 2.24) is 9.97 Å². The summed E-state index contributed by atoms with van der Waals surface area (Å²) in [4.78, 5) is 8.96. The SMILES string of the molecule is CCCNc1nc(C)nc(OC2CCC(C)CC2)c1C. The van der Waals surface area contributed by atoms with Crippen LogP contribution in [0.1, 0.15) is 57.3 Å². The van der Waals surface area contributed by atoms with Crippen molar-refractivity contribution < 1.29 is 4.74 Å². The zero-order valence-electron chi connectivity index (χ0n) is 13.2. The minimum atomic E-state index is 0.318. The van der Waals surface area contributed by atoms with Crippen LogP contribution in [0.5, 0.6) is 5.88 Å². The maximum Gasteiger partial charge on any atom is 0.222 e. The third-order valence-corrected chi connectivity index (χ3v) is 4.00. The molecule has 1 N–H and O–H groups in total. The van der Waals surface area contributed by atoms with Gasteiger partial charge in [0.25, 0.3) is 0 Å². The summed E-state index contributed by atoms with van der Waals surface area (Å²) in [6, 6.07) is 0. The number of anilines is 1. The largest absolute Gasteiger partial charge is 0.474 e. The Labute approximate surface area is 122 Å². The van der Waals surface area contributed by atoms with Crippen LogP contribution < -0.4 is 10.1 Å². The molecule has 1 aromatic heterocycles. The van der Waals surface area contributed by atoms with E-state index in [-0.39, 0.29) is 0 Å². The molecule has 0 saturated heterocycles. The predicted molar refractivity (Wildman–Crippen MR) is 82.3 cm³/mol. The second-order valence-electron chi connectivity index (χ2n) is 5.98. The maximum absolute atomic E-state index is 6.14. The fourth-order valence-corrected chi connectivity index (χ4v) is 2.64. The van der Waals surface area contributed by atoms with Gasteiger partial charge in [0, 0.05) is 6.54 Å². The van der Waals surface area contributed by atoms with Crippen LogP contribution in [0, 0.1) is 19.8 Å². The van der Waals surface area contributed by atoms with Gasteiger partial charge in [0.2, 0.25) is 5.88 Å². The van der Waals surface area contributed by atoms with Gasteiger partial charge in [0.1, 0.15) is 17.7 Å². The number of nitrogens with one attached hydrogen (secondary N) is 1. The zero-order valence-corrected chi connectivity index (χ0v) is 13.2. The molecule has 1 aliphatic carbocycles. The van der Waals surface area contributed by atoms with Gasteiger partial charge in [0.05, 0.1) is 5.56 Å². The monoisotopic (exact) mass is 277 g/mol. The molecule has 0 unspecified atom stereocenters. The van der Waals surface area contributed by atoms with E-state index >= 15 is 0 Å². The van der Waals surface area contributed by atoms with Crippen LogP contribution in [-0.2, 0) is 0 Å². The second-order valence-corrected chi connectivity index (χ2v) is 5.98. The summed E-state index contributed by atoms with van der Waals surface area (Å²) >= 11 is 0. The molecular formula is C16H27N3O. The first kappa shape index (κ1) is 15.1. The van der Waals surface area contributed by atoms with Crippen molar-refractivity contribution in [2.45, 2.75) is 65.9 Å². The Balaban J connectivity index is 2.08. The van der Waals surface area contributed by atoms with E-state index in [0.29, 0.717) is 6.10 Å². The van der Waals surface area contributed by atoms with E-state index in [1.165, 1.54) is 12.8 Å². The molecule has 1 heterocycles. The van der Waals surface area contributed by atoms with Crippen LogP contribution in [0.2, 0.25) is 0 Å². The average Bonchev–Trinajstić information content (AvgIpc) is 2.43. The predicted octanol–water partition coefficient (Wildman–Crippen LogP) is 3.87. The molecule has 4 heteroatoms. The van der Waals surface area contributed by atoms with Crippen LogP contribution in [0.3, 0.4) is 0 Å². The lowest BCUT2D eigenvalue weighted by Crippen LogP contribution is -2.24. The standard InChI is InChI=1S/C16H27N3O/c1-5-10-17-15-12(3)16(19-13(4)18-15)20-14-8-6-11(2)7-9-14/h11,14H,5-10H2,1-4H3,(H,17,18,19). The van der Waals surface area contributed by atoms with E-state index in [1.54, 1.807) is 0 Å². The summed E-state index contributed by atoms with van der Waals surface area (Å²) in [5, 5.41) is 3.36. The minimum Gasteiger partial charge on any atom is -0.474 e. The van der Waals surface area contributed by atoms with Gasteiger partial charge >= 0.3 is 0 Å². The van der Waals surface area contributed by atoms with Gasteiger partial charge in [-0.1, -0.05) is 13.8 Å². The number of nitrogens with zero attached hydrogens (tertiary/aromatic N) is 2. The Hall–Kier alpha value is -1.32. The highest BCUT2D eigenvalue weighted by Crippen LogP contribution is 2.29. The third kappa shape index (κ3) is 3.84. The number of hydrogen-bond donors (Lipinski definition) is 1. The van der Waals surface area contributed by atoms with Crippen molar-refractivity contribution in [1.29, 1.82) is 0 Å². The fourth-order valence-electron chi connectivity index (χ4n) is 2.64. The molecule has 0 spiro atoms. The highest BCUT2D eigenvalue weighted by Gasteiger charge is 2.21. The van der Waals surface area contributed by atoms with Crippen molar-refractivity contribution in [3.8, 4) is 5.88 Å². The summed E-state index contributed by atoms with van der Waals surface area (Å²) in [5.74, 6) is 3.28. The van der Waals surface area contributed by atoms with Gasteiger partial charge in [0.15, 0.2) is 0 Å². The van der Waals surface area contributed by atoms with E-state index in [0.717, 1.165) is 54.8 Å². The Morgan fingerprint density at radius 1 is 1.15 bits per heavy atom. The van der Waals surface area contributed by atoms with Crippen molar-refractivity contribution in [3.05, 3.63) is 11.4 Å². The highest BCUT2D eigenvalue weighted by atomic mass is 16.5. The molecule has 0 aliphatic heterocycles. The molecular weight excluding hydrogens is 250 g/mol. The molecule has 20 heavy (non-hydrogen) atoms. The first-order valence-corrected chi connectivity index (χ1v) is 7.86. The molecule has 2 rings (SSSR count). The van der Waals surface area contributed by atoms with Gasteiger partial charge in [-0.2, -0.15) is 4.98 Å². The quantitative estimate of drug-likeness (QED) is 0.887. The van der Waals surface area contributed by atoms with E-state index in [1.807, 2.05) is 13.8 Å². The van der Waals surface area contributed by atoms with Crippen molar-refractivity contribution in [2.24, 2.45) is 5.92 Å². The van der Waals surface area contributed by atoms with Crippen LogP contribution >= 0.6 is 0 Å². The van der Waals surface area contributed by atoms with E-state index in [9.17, 15) is 0 Å². The van der Waals surface area contributed by atoms with E-state index < -0.39 is 0 Å². The molecule has 1 fully saturated rings. The minimum absolute atomic E-state index is 0.318. The zero-order chi connectivity index (χ0) is 14.5. The van der Waals surface area contributed by atoms with Crippen LogP contribution in [0.4, 0.5) is 5.82 Å². The van der Waals surface area contributed by atoms with Crippen LogP contribution in [0.25, 0.3) is 0 Å². The summed E-state index contributed by atoms with van der Waals surface area (Å²) in [6.07, 6.45) is 6.20. The number of ether oxygens (including phenoxy) is 1. The Bertz CT molecular complexity index is 440. The van der Waals surface area contributed by atoms with Crippen LogP contribution in [0.15, 0.2) is 0 Å². The van der Waals surface area contributed by atoms with Gasteiger partial charge < -0.3 is 10.1 Å². The van der Waals surface area contributed by atoms with Gasteiger partial charge in [-0.3, -0.25) is 0 Å². The fraction of sp³-hybridized carbons (Fsp3) is 0.750. The lowest BCUT2D eigenvalue weighted by molar-refractivity contribution is 0.129. The van der Waals surface area contributed by atoms with Gasteiger partial charge in [-0.05, 0) is 51.9 Å². The van der Waals surface area contributed by atoms with Crippen LogP contribution in [-0.4, -0.2) is 22.6 Å². The lowest BCUT2D eigenvalue weighted by Gasteiger charge is -2.27. The normalized spacial score (nSPS) is 22.6. The van der Waals surface area contributed by atoms with Crippen molar-refractivity contribution in [2.75, 3.05) is 11.9 Å². The van der Waals surface area contributed by atoms with Gasteiger partial charge in [-0.25, -0.2) is 4.98 Å². The Morgan fingerprint density at radius 2 is 1.85 bits per heavy atom. The summed E-state index contributed by atoms with van der Waals surface area (Å²) < 4.78 is 6.14. The molecule has 1 aromatic rings. The average molecular weight is 277 g/mol. The number of hydrogen-bond acceptors (Lipinski definition) is 4. The Kier molecular flexibility index (Phi) is 5.21. The summed E-state index contributed by atoms with van der Waals surface area (Å²) in [7, 11) is 0. The molecule has 1 aliphatic rings. The highest BCUT2D eigenvalue weighted by molar-refractivity contribution is 5.48. The van der Waals surface area contributed by atoms with Crippen molar-refractivity contribution in [3.63, 3.8) is 0 Å². The van der Waals surface area contributed by atoms with Gasteiger partial charge in [-0.15, -0.1) is 0 Å². The Morgan fingerprint density at radius 3 is 2.50 bits per heavy atom. The number of aryl methyl sites for hydroxylation is 1. The molecule has 112 valence electrons. The molecule has 0 atom stereocenters. The molecule has 0 bridgehead atoms. The third-order valence-electron chi connectivity index (χ3n) is 4.00. The molecule has 0 radical (unpaired) electrons. The van der Waals surface area contributed by atoms with Crippen molar-refractivity contribution >= 4 is 5.82 Å². The molecule has 0 amide bonds. The van der Waals surface area contributed by atoms with E-state index in [2.05, 4.69) is 29.1 Å². The number of rotatable bonds is 5. The molecule has 4 nitrogen and oxygen atoms in total. The summed E-state index contributed by atoms with van der Waals surface area (Å²) in [6.45, 7) is 9.36.